The maximum absolute atomic E-state index is 12.2. The number of nitrogens with one attached hydrogen (secondary N) is 1. The highest BCUT2D eigenvalue weighted by molar-refractivity contribution is 5.86. The fourth-order valence-electron chi connectivity index (χ4n) is 2.63. The lowest BCUT2D eigenvalue weighted by Gasteiger charge is -2.22. The highest BCUT2D eigenvalue weighted by Gasteiger charge is 2.36. The van der Waals surface area contributed by atoms with Crippen LogP contribution in [0.4, 0.5) is 0 Å². The molecule has 1 aliphatic rings. The third-order valence-electron chi connectivity index (χ3n) is 3.93. The smallest absolute Gasteiger partial charge is 0.240 e. The van der Waals surface area contributed by atoms with Gasteiger partial charge in [0.05, 0.1) is 12.1 Å². The van der Waals surface area contributed by atoms with E-state index in [1.54, 1.807) is 0 Å². The van der Waals surface area contributed by atoms with Crippen LogP contribution in [-0.4, -0.2) is 18.1 Å². The van der Waals surface area contributed by atoms with E-state index in [1.807, 2.05) is 24.3 Å². The van der Waals surface area contributed by atoms with Gasteiger partial charge < -0.3 is 15.8 Å². The van der Waals surface area contributed by atoms with Crippen molar-refractivity contribution in [3.05, 3.63) is 29.8 Å². The number of amides is 1. The van der Waals surface area contributed by atoms with Crippen LogP contribution >= 0.6 is 0 Å². The largest absolute Gasteiger partial charge is 0.493 e. The molecule has 1 amide bonds. The van der Waals surface area contributed by atoms with E-state index in [0.29, 0.717) is 19.1 Å². The highest BCUT2D eigenvalue weighted by atomic mass is 16.5. The molecule has 0 atom stereocenters. The van der Waals surface area contributed by atoms with Gasteiger partial charge in [0.15, 0.2) is 0 Å². The van der Waals surface area contributed by atoms with Gasteiger partial charge in [0.1, 0.15) is 5.75 Å². The van der Waals surface area contributed by atoms with Crippen LogP contribution in [-0.2, 0) is 11.3 Å². The van der Waals surface area contributed by atoms with Crippen molar-refractivity contribution in [1.29, 1.82) is 0 Å². The van der Waals surface area contributed by atoms with Crippen LogP contribution in [0.2, 0.25) is 0 Å². The number of para-hydroxylation sites is 1. The molecule has 0 unspecified atom stereocenters. The summed E-state index contributed by atoms with van der Waals surface area (Å²) in [6, 6.07) is 7.82. The van der Waals surface area contributed by atoms with Crippen molar-refractivity contribution >= 4 is 5.91 Å². The second-order valence-corrected chi connectivity index (χ2v) is 6.36. The standard InChI is InChI=1S/C17H26N2O2/c1-13(2)12-21-15-8-4-3-7-14(15)11-19-16(20)17(18)9-5-6-10-17/h3-4,7-8,13H,5-6,9-12,18H2,1-2H3,(H,19,20). The first kappa shape index (κ1) is 15.8. The zero-order valence-corrected chi connectivity index (χ0v) is 13.0. The molecular weight excluding hydrogens is 264 g/mol. The number of hydrogen-bond donors (Lipinski definition) is 2. The first-order chi connectivity index (χ1) is 10.0. The molecule has 1 aromatic carbocycles. The minimum atomic E-state index is -0.673. The van der Waals surface area contributed by atoms with Gasteiger partial charge in [-0.25, -0.2) is 0 Å². The molecule has 0 aliphatic heterocycles. The summed E-state index contributed by atoms with van der Waals surface area (Å²) in [5.41, 5.74) is 6.48. The zero-order chi connectivity index (χ0) is 15.3. The normalized spacial score (nSPS) is 17.0. The molecule has 0 radical (unpaired) electrons. The summed E-state index contributed by atoms with van der Waals surface area (Å²) in [6.07, 6.45) is 3.64. The Morgan fingerprint density at radius 2 is 2.00 bits per heavy atom. The number of rotatable bonds is 6. The Kier molecular flexibility index (Phi) is 5.23. The molecule has 1 aliphatic carbocycles. The Bertz CT molecular complexity index is 479. The number of carbonyl (C=O) groups is 1. The summed E-state index contributed by atoms with van der Waals surface area (Å²) in [5.74, 6) is 1.26. The van der Waals surface area contributed by atoms with E-state index in [4.69, 9.17) is 10.5 Å². The van der Waals surface area contributed by atoms with Gasteiger partial charge in [0.2, 0.25) is 5.91 Å². The summed E-state index contributed by atoms with van der Waals surface area (Å²) in [4.78, 5) is 12.2. The third kappa shape index (κ3) is 4.21. The van der Waals surface area contributed by atoms with E-state index < -0.39 is 5.54 Å². The molecule has 1 saturated carbocycles. The lowest BCUT2D eigenvalue weighted by atomic mass is 9.98. The molecule has 0 aromatic heterocycles. The molecule has 4 heteroatoms. The second-order valence-electron chi connectivity index (χ2n) is 6.36. The monoisotopic (exact) mass is 290 g/mol. The Morgan fingerprint density at radius 1 is 1.33 bits per heavy atom. The van der Waals surface area contributed by atoms with Gasteiger partial charge >= 0.3 is 0 Å². The molecule has 1 aromatic rings. The summed E-state index contributed by atoms with van der Waals surface area (Å²) in [5, 5.41) is 2.97. The molecule has 0 spiro atoms. The number of nitrogens with two attached hydrogens (primary N) is 1. The molecular formula is C17H26N2O2. The Morgan fingerprint density at radius 3 is 2.67 bits per heavy atom. The molecule has 0 bridgehead atoms. The Balaban J connectivity index is 1.95. The molecule has 0 saturated heterocycles. The SMILES string of the molecule is CC(C)COc1ccccc1CNC(=O)C1(N)CCCC1. The average Bonchev–Trinajstić information content (AvgIpc) is 2.91. The quantitative estimate of drug-likeness (QED) is 0.846. The molecule has 4 nitrogen and oxygen atoms in total. The summed E-state index contributed by atoms with van der Waals surface area (Å²) >= 11 is 0. The highest BCUT2D eigenvalue weighted by Crippen LogP contribution is 2.27. The van der Waals surface area contributed by atoms with E-state index in [0.717, 1.165) is 37.0 Å². The number of benzene rings is 1. The van der Waals surface area contributed by atoms with Crippen molar-refractivity contribution in [2.24, 2.45) is 11.7 Å². The molecule has 0 heterocycles. The summed E-state index contributed by atoms with van der Waals surface area (Å²) in [6.45, 7) is 5.36. The minimum Gasteiger partial charge on any atom is -0.493 e. The first-order valence-corrected chi connectivity index (χ1v) is 7.79. The van der Waals surface area contributed by atoms with Gasteiger partial charge in [0, 0.05) is 12.1 Å². The maximum atomic E-state index is 12.2. The van der Waals surface area contributed by atoms with Gasteiger partial charge in [-0.2, -0.15) is 0 Å². The number of ether oxygens (including phenoxy) is 1. The summed E-state index contributed by atoms with van der Waals surface area (Å²) < 4.78 is 5.80. The van der Waals surface area contributed by atoms with Crippen molar-refractivity contribution in [1.82, 2.24) is 5.32 Å². The summed E-state index contributed by atoms with van der Waals surface area (Å²) in [7, 11) is 0. The topological polar surface area (TPSA) is 64.3 Å². The fourth-order valence-corrected chi connectivity index (χ4v) is 2.63. The van der Waals surface area contributed by atoms with Crippen molar-refractivity contribution in [2.75, 3.05) is 6.61 Å². The zero-order valence-electron chi connectivity index (χ0n) is 13.0. The van der Waals surface area contributed by atoms with E-state index in [1.165, 1.54) is 0 Å². The van der Waals surface area contributed by atoms with Crippen molar-refractivity contribution < 1.29 is 9.53 Å². The average molecular weight is 290 g/mol. The predicted octanol–water partition coefficient (Wildman–Crippen LogP) is 2.61. The fraction of sp³-hybridized carbons (Fsp3) is 0.588. The van der Waals surface area contributed by atoms with Crippen LogP contribution in [0.15, 0.2) is 24.3 Å². The van der Waals surface area contributed by atoms with Crippen LogP contribution < -0.4 is 15.8 Å². The van der Waals surface area contributed by atoms with E-state index in [-0.39, 0.29) is 5.91 Å². The van der Waals surface area contributed by atoms with E-state index in [9.17, 15) is 4.79 Å². The Labute approximate surface area is 127 Å². The lowest BCUT2D eigenvalue weighted by molar-refractivity contribution is -0.126. The number of carbonyl (C=O) groups excluding carboxylic acids is 1. The van der Waals surface area contributed by atoms with Gasteiger partial charge in [-0.15, -0.1) is 0 Å². The van der Waals surface area contributed by atoms with Gasteiger partial charge in [-0.1, -0.05) is 44.9 Å². The van der Waals surface area contributed by atoms with Gasteiger partial charge in [-0.3, -0.25) is 4.79 Å². The molecule has 2 rings (SSSR count). The lowest BCUT2D eigenvalue weighted by Crippen LogP contribution is -2.51. The minimum absolute atomic E-state index is 0.0429. The van der Waals surface area contributed by atoms with Crippen molar-refractivity contribution in [3.8, 4) is 5.75 Å². The molecule has 1 fully saturated rings. The van der Waals surface area contributed by atoms with E-state index >= 15 is 0 Å². The van der Waals surface area contributed by atoms with Crippen LogP contribution in [0, 0.1) is 5.92 Å². The second kappa shape index (κ2) is 6.94. The van der Waals surface area contributed by atoms with Crippen molar-refractivity contribution in [3.63, 3.8) is 0 Å². The van der Waals surface area contributed by atoms with Gasteiger partial charge in [0.25, 0.3) is 0 Å². The molecule has 116 valence electrons. The number of hydrogen-bond acceptors (Lipinski definition) is 3. The van der Waals surface area contributed by atoms with Crippen LogP contribution in [0.25, 0.3) is 0 Å². The molecule has 21 heavy (non-hydrogen) atoms. The van der Waals surface area contributed by atoms with E-state index in [2.05, 4.69) is 19.2 Å². The first-order valence-electron chi connectivity index (χ1n) is 7.79. The van der Waals surface area contributed by atoms with Crippen LogP contribution in [0.1, 0.15) is 45.1 Å². The van der Waals surface area contributed by atoms with Gasteiger partial charge in [-0.05, 0) is 24.8 Å². The Hall–Kier alpha value is -1.55. The molecule has 3 N–H and O–H groups in total. The maximum Gasteiger partial charge on any atom is 0.240 e. The van der Waals surface area contributed by atoms with Crippen LogP contribution in [0.3, 0.4) is 0 Å². The van der Waals surface area contributed by atoms with Crippen LogP contribution in [0.5, 0.6) is 5.75 Å². The van der Waals surface area contributed by atoms with Crippen molar-refractivity contribution in [2.45, 2.75) is 51.6 Å². The third-order valence-corrected chi connectivity index (χ3v) is 3.93. The predicted molar refractivity (Wildman–Crippen MR) is 84.0 cm³/mol.